The van der Waals surface area contributed by atoms with Crippen molar-refractivity contribution in [2.45, 2.75) is 32.6 Å². The monoisotopic (exact) mass is 321 g/mol. The predicted octanol–water partition coefficient (Wildman–Crippen LogP) is 3.59. The first-order chi connectivity index (χ1) is 11.3. The molecule has 0 radical (unpaired) electrons. The third kappa shape index (κ3) is 1.91. The van der Waals surface area contributed by atoms with E-state index in [9.17, 15) is 0 Å². The van der Waals surface area contributed by atoms with E-state index >= 15 is 0 Å². The van der Waals surface area contributed by atoms with Crippen molar-refractivity contribution in [3.8, 4) is 10.6 Å². The summed E-state index contributed by atoms with van der Waals surface area (Å²) in [7, 11) is 0. The van der Waals surface area contributed by atoms with Gasteiger partial charge in [-0.3, -0.25) is 4.98 Å². The Hall–Kier alpha value is -2.34. The average molecular weight is 321 g/mol. The van der Waals surface area contributed by atoms with Crippen LogP contribution < -0.4 is 0 Å². The molecule has 0 spiro atoms. The molecule has 0 saturated heterocycles. The molecule has 0 saturated carbocycles. The van der Waals surface area contributed by atoms with Gasteiger partial charge < -0.3 is 0 Å². The van der Waals surface area contributed by atoms with Crippen LogP contribution in [0.1, 0.15) is 29.9 Å². The molecule has 1 aliphatic rings. The minimum atomic E-state index is 0.828. The molecular formula is C17H15N5S. The van der Waals surface area contributed by atoms with Crippen LogP contribution in [0.2, 0.25) is 0 Å². The Balaban J connectivity index is 1.88. The quantitative estimate of drug-likeness (QED) is 0.537. The summed E-state index contributed by atoms with van der Waals surface area (Å²) in [6, 6.07) is 8.38. The maximum Gasteiger partial charge on any atom is 0.234 e. The van der Waals surface area contributed by atoms with Gasteiger partial charge in [-0.15, -0.1) is 10.2 Å². The van der Waals surface area contributed by atoms with E-state index in [1.807, 2.05) is 11.4 Å². The van der Waals surface area contributed by atoms with Crippen LogP contribution in [0.15, 0.2) is 24.3 Å². The SMILES string of the molecule is Cc1nnc2sc(-c3c4c(nc5ccccc35)CCCC4)nn12. The fourth-order valence-electron chi connectivity index (χ4n) is 3.43. The molecule has 23 heavy (non-hydrogen) atoms. The Bertz CT molecular complexity index is 1050. The Kier molecular flexibility index (Phi) is 2.76. The second-order valence-electron chi connectivity index (χ2n) is 5.99. The lowest BCUT2D eigenvalue weighted by Gasteiger charge is -2.19. The van der Waals surface area contributed by atoms with Gasteiger partial charge in [0, 0.05) is 16.6 Å². The van der Waals surface area contributed by atoms with Gasteiger partial charge in [-0.05, 0) is 44.2 Å². The molecule has 0 fully saturated rings. The lowest BCUT2D eigenvalue weighted by Crippen LogP contribution is -2.08. The number of hydrogen-bond acceptors (Lipinski definition) is 5. The average Bonchev–Trinajstić information content (AvgIpc) is 3.15. The Morgan fingerprint density at radius 1 is 1.09 bits per heavy atom. The molecule has 1 aromatic carbocycles. The first kappa shape index (κ1) is 13.1. The van der Waals surface area contributed by atoms with Crippen LogP contribution in [-0.4, -0.2) is 24.8 Å². The molecule has 0 amide bonds. The fourth-order valence-corrected chi connectivity index (χ4v) is 4.40. The van der Waals surface area contributed by atoms with E-state index in [1.54, 1.807) is 11.3 Å². The maximum absolute atomic E-state index is 4.90. The van der Waals surface area contributed by atoms with E-state index in [1.165, 1.54) is 35.0 Å². The van der Waals surface area contributed by atoms with Crippen LogP contribution in [0, 0.1) is 6.92 Å². The molecule has 5 nitrogen and oxygen atoms in total. The molecule has 0 atom stereocenters. The number of para-hydroxylation sites is 1. The Labute approximate surface area is 137 Å². The van der Waals surface area contributed by atoms with E-state index < -0.39 is 0 Å². The lowest BCUT2D eigenvalue weighted by atomic mass is 9.90. The van der Waals surface area contributed by atoms with Crippen LogP contribution in [0.3, 0.4) is 0 Å². The number of fused-ring (bicyclic) bond motifs is 3. The third-order valence-electron chi connectivity index (χ3n) is 4.53. The molecule has 0 bridgehead atoms. The van der Waals surface area contributed by atoms with E-state index in [2.05, 4.69) is 34.5 Å². The van der Waals surface area contributed by atoms with Crippen LogP contribution in [0.25, 0.3) is 26.4 Å². The minimum Gasteiger partial charge on any atom is -0.253 e. The standard InChI is InChI=1S/C17H15N5S/c1-10-19-20-17-22(10)21-16(23-17)15-11-6-2-4-8-13(11)18-14-9-5-3-7-12(14)15/h2,4,6,8H,3,5,7,9H2,1H3. The highest BCUT2D eigenvalue weighted by Gasteiger charge is 2.22. The van der Waals surface area contributed by atoms with E-state index in [0.717, 1.165) is 34.2 Å². The molecule has 0 aliphatic heterocycles. The zero-order valence-electron chi connectivity index (χ0n) is 12.8. The first-order valence-corrected chi connectivity index (χ1v) is 8.72. The Morgan fingerprint density at radius 2 is 1.96 bits per heavy atom. The van der Waals surface area contributed by atoms with Gasteiger partial charge in [0.25, 0.3) is 0 Å². The van der Waals surface area contributed by atoms with Gasteiger partial charge in [0.1, 0.15) is 5.01 Å². The summed E-state index contributed by atoms with van der Waals surface area (Å²) in [6.45, 7) is 1.93. The van der Waals surface area contributed by atoms with Crippen LogP contribution in [0.5, 0.6) is 0 Å². The van der Waals surface area contributed by atoms with Crippen LogP contribution >= 0.6 is 11.3 Å². The molecule has 0 N–H and O–H groups in total. The summed E-state index contributed by atoms with van der Waals surface area (Å²) < 4.78 is 1.84. The summed E-state index contributed by atoms with van der Waals surface area (Å²) in [5.74, 6) is 0.828. The van der Waals surface area contributed by atoms with Gasteiger partial charge in [-0.2, -0.15) is 9.61 Å². The van der Waals surface area contributed by atoms with Crippen molar-refractivity contribution in [1.82, 2.24) is 24.8 Å². The largest absolute Gasteiger partial charge is 0.253 e. The molecular weight excluding hydrogens is 306 g/mol. The highest BCUT2D eigenvalue weighted by molar-refractivity contribution is 7.20. The normalized spacial score (nSPS) is 14.5. The molecule has 0 unspecified atom stereocenters. The summed E-state index contributed by atoms with van der Waals surface area (Å²) >= 11 is 1.61. The summed E-state index contributed by atoms with van der Waals surface area (Å²) in [5, 5.41) is 15.3. The summed E-state index contributed by atoms with van der Waals surface area (Å²) in [4.78, 5) is 5.75. The van der Waals surface area contributed by atoms with E-state index in [4.69, 9.17) is 10.1 Å². The Morgan fingerprint density at radius 3 is 2.87 bits per heavy atom. The van der Waals surface area contributed by atoms with Crippen molar-refractivity contribution >= 4 is 27.2 Å². The van der Waals surface area contributed by atoms with Gasteiger partial charge in [0.15, 0.2) is 5.82 Å². The van der Waals surface area contributed by atoms with Crippen molar-refractivity contribution in [2.24, 2.45) is 0 Å². The van der Waals surface area contributed by atoms with Crippen molar-refractivity contribution in [2.75, 3.05) is 0 Å². The predicted molar refractivity (Wildman–Crippen MR) is 90.8 cm³/mol. The molecule has 5 rings (SSSR count). The highest BCUT2D eigenvalue weighted by Crippen LogP contribution is 2.38. The molecule has 114 valence electrons. The second-order valence-corrected chi connectivity index (χ2v) is 6.94. The van der Waals surface area contributed by atoms with Crippen LogP contribution in [-0.2, 0) is 12.8 Å². The summed E-state index contributed by atoms with van der Waals surface area (Å²) in [5.41, 5.74) is 4.93. The van der Waals surface area contributed by atoms with Gasteiger partial charge >= 0.3 is 0 Å². The van der Waals surface area contributed by atoms with Crippen molar-refractivity contribution < 1.29 is 0 Å². The van der Waals surface area contributed by atoms with E-state index in [0.29, 0.717) is 0 Å². The highest BCUT2D eigenvalue weighted by atomic mass is 32.1. The number of pyridine rings is 1. The third-order valence-corrected chi connectivity index (χ3v) is 5.45. The second kappa shape index (κ2) is 4.83. The number of hydrogen-bond donors (Lipinski definition) is 0. The lowest BCUT2D eigenvalue weighted by molar-refractivity contribution is 0.672. The topological polar surface area (TPSA) is 56.0 Å². The molecule has 4 aromatic rings. The minimum absolute atomic E-state index is 0.828. The maximum atomic E-state index is 4.90. The van der Waals surface area contributed by atoms with Gasteiger partial charge in [0.05, 0.1) is 5.52 Å². The van der Waals surface area contributed by atoms with Gasteiger partial charge in [-0.1, -0.05) is 29.5 Å². The molecule has 3 aromatic heterocycles. The number of benzene rings is 1. The van der Waals surface area contributed by atoms with E-state index in [-0.39, 0.29) is 0 Å². The van der Waals surface area contributed by atoms with Crippen LogP contribution in [0.4, 0.5) is 0 Å². The summed E-state index contributed by atoms with van der Waals surface area (Å²) in [6.07, 6.45) is 4.60. The smallest absolute Gasteiger partial charge is 0.234 e. The first-order valence-electron chi connectivity index (χ1n) is 7.91. The zero-order chi connectivity index (χ0) is 15.4. The van der Waals surface area contributed by atoms with Crippen molar-refractivity contribution in [1.29, 1.82) is 0 Å². The van der Waals surface area contributed by atoms with Gasteiger partial charge in [-0.25, -0.2) is 0 Å². The van der Waals surface area contributed by atoms with Crippen molar-refractivity contribution in [3.05, 3.63) is 41.3 Å². The number of rotatable bonds is 1. The zero-order valence-corrected chi connectivity index (χ0v) is 13.6. The van der Waals surface area contributed by atoms with Gasteiger partial charge in [0.2, 0.25) is 4.96 Å². The number of aromatic nitrogens is 5. The fraction of sp³-hybridized carbons (Fsp3) is 0.294. The molecule has 3 heterocycles. The molecule has 6 heteroatoms. The number of nitrogens with zero attached hydrogens (tertiary/aromatic N) is 5. The number of aryl methyl sites for hydroxylation is 2. The molecule has 1 aliphatic carbocycles. The van der Waals surface area contributed by atoms with Crippen molar-refractivity contribution in [3.63, 3.8) is 0 Å².